The Labute approximate surface area is 118 Å². The molecule has 0 aliphatic heterocycles. The van der Waals surface area contributed by atoms with Gasteiger partial charge in [-0.15, -0.1) is 0 Å². The van der Waals surface area contributed by atoms with Crippen LogP contribution in [-0.4, -0.2) is 28.3 Å². The molecule has 1 unspecified atom stereocenters. The summed E-state index contributed by atoms with van der Waals surface area (Å²) in [4.78, 5) is 10.5. The lowest BCUT2D eigenvalue weighted by atomic mass is 10.00. The number of nitrogens with zero attached hydrogens (tertiary/aromatic N) is 1. The van der Waals surface area contributed by atoms with Gasteiger partial charge in [0, 0.05) is 17.8 Å². The van der Waals surface area contributed by atoms with Gasteiger partial charge in [-0.1, -0.05) is 6.92 Å². The molecular weight excluding hydrogens is 260 g/mol. The zero-order chi connectivity index (χ0) is 15.3. The number of aliphatic hydroxyl groups excluding tert-OH is 1. The second kappa shape index (κ2) is 6.56. The van der Waals surface area contributed by atoms with Crippen molar-refractivity contribution in [2.24, 2.45) is 0 Å². The number of nitrogens with one attached hydrogen (secondary N) is 1. The molecule has 0 amide bonds. The van der Waals surface area contributed by atoms with Crippen molar-refractivity contribution in [3.63, 3.8) is 0 Å². The van der Waals surface area contributed by atoms with E-state index in [4.69, 9.17) is 4.74 Å². The Bertz CT molecular complexity index is 470. The van der Waals surface area contributed by atoms with Gasteiger partial charge in [0.05, 0.1) is 23.2 Å². The summed E-state index contributed by atoms with van der Waals surface area (Å²) < 4.78 is 5.48. The average Bonchev–Trinajstić information content (AvgIpc) is 2.37. The van der Waals surface area contributed by atoms with E-state index in [0.29, 0.717) is 5.69 Å². The number of ether oxygens (including phenoxy) is 1. The van der Waals surface area contributed by atoms with Gasteiger partial charge < -0.3 is 15.2 Å². The van der Waals surface area contributed by atoms with Crippen molar-refractivity contribution in [3.05, 3.63) is 28.3 Å². The summed E-state index contributed by atoms with van der Waals surface area (Å²) in [5.74, 6) is 0.228. The Morgan fingerprint density at radius 2 is 2.15 bits per heavy atom. The molecular formula is C14H22N2O4. The molecule has 0 heterocycles. The molecule has 0 fully saturated rings. The Morgan fingerprint density at radius 1 is 1.50 bits per heavy atom. The lowest BCUT2D eigenvalue weighted by Gasteiger charge is -2.28. The van der Waals surface area contributed by atoms with E-state index in [1.54, 1.807) is 12.1 Å². The molecule has 0 aliphatic rings. The van der Waals surface area contributed by atoms with E-state index >= 15 is 0 Å². The Morgan fingerprint density at radius 3 is 2.60 bits per heavy atom. The molecule has 1 rings (SSSR count). The van der Waals surface area contributed by atoms with Gasteiger partial charge in [-0.05, 0) is 33.3 Å². The Balaban J connectivity index is 3.09. The third-order valence-corrected chi connectivity index (χ3v) is 3.09. The molecule has 112 valence electrons. The summed E-state index contributed by atoms with van der Waals surface area (Å²) in [7, 11) is 0. The van der Waals surface area contributed by atoms with Gasteiger partial charge in [-0.3, -0.25) is 10.1 Å². The molecule has 0 aromatic heterocycles. The Hall–Kier alpha value is -1.82. The predicted octanol–water partition coefficient (Wildman–Crippen LogP) is 2.95. The standard InChI is InChI=1S/C14H22N2O4/c1-5-14(4,9-17)15-11-6-7-12(16(18)19)13(8-11)20-10(2)3/h6-8,10,15,17H,5,9H2,1-4H3. The fourth-order valence-electron chi connectivity index (χ4n) is 1.68. The van der Waals surface area contributed by atoms with E-state index in [9.17, 15) is 15.2 Å². The smallest absolute Gasteiger partial charge is 0.311 e. The number of nitro benzene ring substituents is 1. The minimum absolute atomic E-state index is 0.0269. The summed E-state index contributed by atoms with van der Waals surface area (Å²) in [5.41, 5.74) is 0.154. The fraction of sp³-hybridized carbons (Fsp3) is 0.571. The summed E-state index contributed by atoms with van der Waals surface area (Å²) in [6, 6.07) is 4.63. The first-order valence-electron chi connectivity index (χ1n) is 6.65. The second-order valence-corrected chi connectivity index (χ2v) is 5.30. The zero-order valence-corrected chi connectivity index (χ0v) is 12.3. The third kappa shape index (κ3) is 4.09. The van der Waals surface area contributed by atoms with Gasteiger partial charge >= 0.3 is 5.69 Å². The van der Waals surface area contributed by atoms with Crippen molar-refractivity contribution in [2.45, 2.75) is 45.8 Å². The monoisotopic (exact) mass is 282 g/mol. The van der Waals surface area contributed by atoms with E-state index in [0.717, 1.165) is 6.42 Å². The summed E-state index contributed by atoms with van der Waals surface area (Å²) in [6.45, 7) is 7.44. The van der Waals surface area contributed by atoms with Crippen LogP contribution in [-0.2, 0) is 0 Å². The number of hydrogen-bond donors (Lipinski definition) is 2. The number of rotatable bonds is 7. The zero-order valence-electron chi connectivity index (χ0n) is 12.3. The minimum Gasteiger partial charge on any atom is -0.484 e. The molecule has 0 aliphatic carbocycles. The summed E-state index contributed by atoms with van der Waals surface area (Å²) >= 11 is 0. The molecule has 6 heteroatoms. The molecule has 0 spiro atoms. The van der Waals surface area contributed by atoms with E-state index in [2.05, 4.69) is 5.32 Å². The minimum atomic E-state index is -0.467. The SMILES string of the molecule is CCC(C)(CO)Nc1ccc([N+](=O)[O-])c(OC(C)C)c1. The van der Waals surface area contributed by atoms with Gasteiger partial charge in [-0.25, -0.2) is 0 Å². The molecule has 0 saturated heterocycles. The number of aliphatic hydroxyl groups is 1. The van der Waals surface area contributed by atoms with Crippen molar-refractivity contribution in [3.8, 4) is 5.75 Å². The number of benzene rings is 1. The molecule has 1 aromatic rings. The van der Waals surface area contributed by atoms with Gasteiger partial charge in [0.2, 0.25) is 0 Å². The largest absolute Gasteiger partial charge is 0.484 e. The highest BCUT2D eigenvalue weighted by molar-refractivity contribution is 5.59. The maximum atomic E-state index is 11.0. The maximum absolute atomic E-state index is 11.0. The summed E-state index contributed by atoms with van der Waals surface area (Å²) in [5, 5.41) is 23.6. The van der Waals surface area contributed by atoms with Crippen LogP contribution in [0.25, 0.3) is 0 Å². The first-order chi connectivity index (χ1) is 9.31. The normalized spacial score (nSPS) is 13.9. The van der Waals surface area contributed by atoms with E-state index in [1.807, 2.05) is 27.7 Å². The maximum Gasteiger partial charge on any atom is 0.311 e. The molecule has 0 saturated carbocycles. The van der Waals surface area contributed by atoms with Crippen LogP contribution in [0.15, 0.2) is 18.2 Å². The van der Waals surface area contributed by atoms with Crippen molar-refractivity contribution in [1.29, 1.82) is 0 Å². The molecule has 1 aromatic carbocycles. The highest BCUT2D eigenvalue weighted by atomic mass is 16.6. The Kier molecular flexibility index (Phi) is 5.33. The van der Waals surface area contributed by atoms with Crippen LogP contribution in [0.5, 0.6) is 5.75 Å². The van der Waals surface area contributed by atoms with Crippen LogP contribution in [0.3, 0.4) is 0 Å². The number of anilines is 1. The predicted molar refractivity (Wildman–Crippen MR) is 78.3 cm³/mol. The van der Waals surface area contributed by atoms with Gasteiger partial charge in [-0.2, -0.15) is 0 Å². The van der Waals surface area contributed by atoms with Crippen molar-refractivity contribution >= 4 is 11.4 Å². The van der Waals surface area contributed by atoms with Gasteiger partial charge in [0.25, 0.3) is 0 Å². The number of nitro groups is 1. The first kappa shape index (κ1) is 16.2. The molecule has 20 heavy (non-hydrogen) atoms. The highest BCUT2D eigenvalue weighted by Gasteiger charge is 2.22. The topological polar surface area (TPSA) is 84.6 Å². The van der Waals surface area contributed by atoms with Crippen molar-refractivity contribution in [1.82, 2.24) is 0 Å². The molecule has 2 N–H and O–H groups in total. The average molecular weight is 282 g/mol. The van der Waals surface area contributed by atoms with Crippen LogP contribution in [0.4, 0.5) is 11.4 Å². The molecule has 0 bridgehead atoms. The molecule has 1 atom stereocenters. The molecule has 6 nitrogen and oxygen atoms in total. The lowest BCUT2D eigenvalue weighted by Crippen LogP contribution is -2.37. The lowest BCUT2D eigenvalue weighted by molar-refractivity contribution is -0.386. The fourth-order valence-corrected chi connectivity index (χ4v) is 1.68. The first-order valence-corrected chi connectivity index (χ1v) is 6.65. The van der Waals surface area contributed by atoms with Crippen LogP contribution in [0.1, 0.15) is 34.1 Å². The summed E-state index contributed by atoms with van der Waals surface area (Å²) in [6.07, 6.45) is 0.570. The van der Waals surface area contributed by atoms with E-state index in [-0.39, 0.29) is 24.1 Å². The van der Waals surface area contributed by atoms with Crippen LogP contribution >= 0.6 is 0 Å². The van der Waals surface area contributed by atoms with Crippen molar-refractivity contribution in [2.75, 3.05) is 11.9 Å². The van der Waals surface area contributed by atoms with Crippen LogP contribution in [0, 0.1) is 10.1 Å². The highest BCUT2D eigenvalue weighted by Crippen LogP contribution is 2.32. The van der Waals surface area contributed by atoms with Crippen LogP contribution < -0.4 is 10.1 Å². The van der Waals surface area contributed by atoms with E-state index in [1.165, 1.54) is 6.07 Å². The van der Waals surface area contributed by atoms with Gasteiger partial charge in [0.15, 0.2) is 5.75 Å². The quantitative estimate of drug-likeness (QED) is 0.593. The van der Waals surface area contributed by atoms with Crippen LogP contribution in [0.2, 0.25) is 0 Å². The number of hydrogen-bond acceptors (Lipinski definition) is 5. The van der Waals surface area contributed by atoms with Gasteiger partial charge in [0.1, 0.15) is 0 Å². The van der Waals surface area contributed by atoms with Crippen molar-refractivity contribution < 1.29 is 14.8 Å². The molecule has 0 radical (unpaired) electrons. The third-order valence-electron chi connectivity index (χ3n) is 3.09. The second-order valence-electron chi connectivity index (χ2n) is 5.30. The van der Waals surface area contributed by atoms with E-state index < -0.39 is 10.5 Å².